The molecule has 1 heterocycles. The smallest absolute Gasteiger partial charge is 0.185 e. The summed E-state index contributed by atoms with van der Waals surface area (Å²) in [6, 6.07) is 8.70. The SMILES string of the molecule is CC(=O)SCCC=Cc1ccc(N2CCNCC2)cc1. The first kappa shape index (κ1) is 15.1. The Morgan fingerprint density at radius 1 is 1.30 bits per heavy atom. The highest BCUT2D eigenvalue weighted by atomic mass is 32.2. The molecule has 3 nitrogen and oxygen atoms in total. The number of benzene rings is 1. The Morgan fingerprint density at radius 2 is 2.00 bits per heavy atom. The van der Waals surface area contributed by atoms with Gasteiger partial charge in [-0.15, -0.1) is 0 Å². The third-order valence-corrected chi connectivity index (χ3v) is 4.12. The van der Waals surface area contributed by atoms with E-state index < -0.39 is 0 Å². The van der Waals surface area contributed by atoms with E-state index in [1.165, 1.54) is 23.0 Å². The summed E-state index contributed by atoms with van der Waals surface area (Å²) in [5, 5.41) is 3.56. The predicted molar refractivity (Wildman–Crippen MR) is 88.3 cm³/mol. The lowest BCUT2D eigenvalue weighted by atomic mass is 10.1. The third kappa shape index (κ3) is 5.02. The summed E-state index contributed by atoms with van der Waals surface area (Å²) < 4.78 is 0. The minimum absolute atomic E-state index is 0.193. The van der Waals surface area contributed by atoms with E-state index in [2.05, 4.69) is 46.6 Å². The van der Waals surface area contributed by atoms with Crippen molar-refractivity contribution in [3.63, 3.8) is 0 Å². The summed E-state index contributed by atoms with van der Waals surface area (Å²) in [5.74, 6) is 0.866. The molecule has 0 atom stereocenters. The quantitative estimate of drug-likeness (QED) is 0.845. The zero-order valence-corrected chi connectivity index (χ0v) is 12.8. The van der Waals surface area contributed by atoms with E-state index in [0.717, 1.165) is 38.4 Å². The zero-order chi connectivity index (χ0) is 14.2. The Morgan fingerprint density at radius 3 is 2.65 bits per heavy atom. The second-order valence-corrected chi connectivity index (χ2v) is 6.13. The second-order valence-electron chi connectivity index (χ2n) is 4.86. The Kier molecular flexibility index (Phi) is 6.15. The lowest BCUT2D eigenvalue weighted by molar-refractivity contribution is -0.109. The third-order valence-electron chi connectivity index (χ3n) is 3.28. The number of allylic oxidation sites excluding steroid dienone is 1. The van der Waals surface area contributed by atoms with Gasteiger partial charge in [-0.05, 0) is 24.1 Å². The van der Waals surface area contributed by atoms with Crippen LogP contribution >= 0.6 is 11.8 Å². The minimum Gasteiger partial charge on any atom is -0.369 e. The molecule has 0 aliphatic carbocycles. The molecule has 20 heavy (non-hydrogen) atoms. The number of carbonyl (C=O) groups excluding carboxylic acids is 1. The number of piperazine rings is 1. The number of nitrogens with zero attached hydrogens (tertiary/aromatic N) is 1. The summed E-state index contributed by atoms with van der Waals surface area (Å²) >= 11 is 1.38. The molecule has 2 rings (SSSR count). The van der Waals surface area contributed by atoms with Crippen molar-refractivity contribution in [2.24, 2.45) is 0 Å². The molecule has 0 amide bonds. The molecule has 0 bridgehead atoms. The molecule has 1 aromatic carbocycles. The number of carbonyl (C=O) groups is 1. The van der Waals surface area contributed by atoms with Crippen molar-refractivity contribution in [3.8, 4) is 0 Å². The Balaban J connectivity index is 1.81. The molecule has 0 aromatic heterocycles. The summed E-state index contributed by atoms with van der Waals surface area (Å²) in [4.78, 5) is 13.2. The Hall–Kier alpha value is -1.26. The fourth-order valence-electron chi connectivity index (χ4n) is 2.21. The molecule has 0 unspecified atom stereocenters. The van der Waals surface area contributed by atoms with E-state index in [9.17, 15) is 4.79 Å². The molecular weight excluding hydrogens is 268 g/mol. The van der Waals surface area contributed by atoms with Crippen LogP contribution in [0.25, 0.3) is 6.08 Å². The highest BCUT2D eigenvalue weighted by Crippen LogP contribution is 2.16. The van der Waals surface area contributed by atoms with Gasteiger partial charge >= 0.3 is 0 Å². The maximum Gasteiger partial charge on any atom is 0.185 e. The second kappa shape index (κ2) is 8.12. The molecule has 1 aliphatic rings. The van der Waals surface area contributed by atoms with E-state index in [0.29, 0.717) is 0 Å². The first-order valence-electron chi connectivity index (χ1n) is 7.11. The van der Waals surface area contributed by atoms with Crippen molar-refractivity contribution in [3.05, 3.63) is 35.9 Å². The van der Waals surface area contributed by atoms with Crippen LogP contribution in [0.1, 0.15) is 18.9 Å². The minimum atomic E-state index is 0.193. The first-order chi connectivity index (χ1) is 9.75. The number of nitrogens with one attached hydrogen (secondary N) is 1. The van der Waals surface area contributed by atoms with E-state index in [4.69, 9.17) is 0 Å². The first-order valence-corrected chi connectivity index (χ1v) is 8.10. The lowest BCUT2D eigenvalue weighted by Gasteiger charge is -2.29. The number of thioether (sulfide) groups is 1. The Bertz CT molecular complexity index is 450. The summed E-state index contributed by atoms with van der Waals surface area (Å²) in [5.41, 5.74) is 2.52. The van der Waals surface area contributed by atoms with Crippen LogP contribution in [0.3, 0.4) is 0 Å². The highest BCUT2D eigenvalue weighted by molar-refractivity contribution is 8.13. The largest absolute Gasteiger partial charge is 0.369 e. The number of hydrogen-bond acceptors (Lipinski definition) is 4. The van der Waals surface area contributed by atoms with Gasteiger partial charge in [-0.25, -0.2) is 0 Å². The molecule has 108 valence electrons. The van der Waals surface area contributed by atoms with Gasteiger partial charge in [0.1, 0.15) is 0 Å². The summed E-state index contributed by atoms with van der Waals surface area (Å²) in [6.07, 6.45) is 5.20. The molecule has 1 fully saturated rings. The number of hydrogen-bond donors (Lipinski definition) is 1. The van der Waals surface area contributed by atoms with Gasteiger partial charge in [-0.1, -0.05) is 36.0 Å². The lowest BCUT2D eigenvalue weighted by Crippen LogP contribution is -2.43. The molecule has 1 aliphatic heterocycles. The average Bonchev–Trinajstić information content (AvgIpc) is 2.48. The maximum absolute atomic E-state index is 10.8. The van der Waals surface area contributed by atoms with Gasteiger partial charge in [0, 0.05) is 44.5 Å². The fraction of sp³-hybridized carbons (Fsp3) is 0.438. The Labute approximate surface area is 125 Å². The van der Waals surface area contributed by atoms with Crippen LogP contribution in [0, 0.1) is 0 Å². The van der Waals surface area contributed by atoms with Crippen molar-refractivity contribution in [2.75, 3.05) is 36.8 Å². The van der Waals surface area contributed by atoms with Crippen molar-refractivity contribution >= 4 is 28.6 Å². The molecule has 1 N–H and O–H groups in total. The number of rotatable bonds is 5. The van der Waals surface area contributed by atoms with Gasteiger partial charge in [0.15, 0.2) is 5.12 Å². The molecule has 0 spiro atoms. The topological polar surface area (TPSA) is 32.3 Å². The van der Waals surface area contributed by atoms with Crippen LogP contribution in [0.4, 0.5) is 5.69 Å². The predicted octanol–water partition coefficient (Wildman–Crippen LogP) is 2.78. The molecular formula is C16H22N2OS. The zero-order valence-electron chi connectivity index (χ0n) is 12.0. The van der Waals surface area contributed by atoms with Crippen LogP contribution in [0.5, 0.6) is 0 Å². The van der Waals surface area contributed by atoms with E-state index in [1.807, 2.05) is 0 Å². The average molecular weight is 290 g/mol. The maximum atomic E-state index is 10.8. The normalized spacial score (nSPS) is 15.8. The number of anilines is 1. The van der Waals surface area contributed by atoms with Gasteiger partial charge in [-0.2, -0.15) is 0 Å². The van der Waals surface area contributed by atoms with E-state index >= 15 is 0 Å². The molecule has 1 saturated heterocycles. The van der Waals surface area contributed by atoms with Crippen LogP contribution in [-0.4, -0.2) is 37.0 Å². The monoisotopic (exact) mass is 290 g/mol. The van der Waals surface area contributed by atoms with Crippen molar-refractivity contribution < 1.29 is 4.79 Å². The summed E-state index contributed by atoms with van der Waals surface area (Å²) in [6.45, 7) is 5.91. The van der Waals surface area contributed by atoms with Gasteiger partial charge in [0.05, 0.1) is 0 Å². The van der Waals surface area contributed by atoms with Crippen LogP contribution < -0.4 is 10.2 Å². The molecule has 1 aromatic rings. The highest BCUT2D eigenvalue weighted by Gasteiger charge is 2.09. The standard InChI is InChI=1S/C16H22N2OS/c1-14(19)20-13-3-2-4-15-5-7-16(8-6-15)18-11-9-17-10-12-18/h2,4-8,17H,3,9-13H2,1H3. The van der Waals surface area contributed by atoms with Crippen molar-refractivity contribution in [1.82, 2.24) is 5.32 Å². The molecule has 0 radical (unpaired) electrons. The van der Waals surface area contributed by atoms with Crippen LogP contribution in [-0.2, 0) is 4.79 Å². The van der Waals surface area contributed by atoms with Gasteiger partial charge < -0.3 is 10.2 Å². The molecule has 4 heteroatoms. The van der Waals surface area contributed by atoms with Gasteiger partial charge in [-0.3, -0.25) is 4.79 Å². The van der Waals surface area contributed by atoms with Crippen molar-refractivity contribution in [2.45, 2.75) is 13.3 Å². The van der Waals surface area contributed by atoms with E-state index in [1.54, 1.807) is 6.92 Å². The van der Waals surface area contributed by atoms with Crippen LogP contribution in [0.15, 0.2) is 30.3 Å². The molecule has 0 saturated carbocycles. The summed E-state index contributed by atoms with van der Waals surface area (Å²) in [7, 11) is 0. The van der Waals surface area contributed by atoms with E-state index in [-0.39, 0.29) is 5.12 Å². The fourth-order valence-corrected chi connectivity index (χ4v) is 2.75. The van der Waals surface area contributed by atoms with Gasteiger partial charge in [0.25, 0.3) is 0 Å². The van der Waals surface area contributed by atoms with Crippen LogP contribution in [0.2, 0.25) is 0 Å². The van der Waals surface area contributed by atoms with Crippen molar-refractivity contribution in [1.29, 1.82) is 0 Å². The van der Waals surface area contributed by atoms with Gasteiger partial charge in [0.2, 0.25) is 0 Å².